The number of benzene rings is 1. The Hall–Kier alpha value is -2.41. The highest BCUT2D eigenvalue weighted by Gasteiger charge is 2.02. The highest BCUT2D eigenvalue weighted by molar-refractivity contribution is 6.01. The van der Waals surface area contributed by atoms with Gasteiger partial charge in [-0.05, 0) is 30.7 Å². The lowest BCUT2D eigenvalue weighted by Crippen LogP contribution is -2.00. The summed E-state index contributed by atoms with van der Waals surface area (Å²) in [5.74, 6) is -0.248. The second kappa shape index (κ2) is 5.61. The van der Waals surface area contributed by atoms with Crippen molar-refractivity contribution in [3.05, 3.63) is 35.4 Å². The van der Waals surface area contributed by atoms with Gasteiger partial charge < -0.3 is 4.74 Å². The number of carbonyl (C=O) groups is 2. The zero-order valence-corrected chi connectivity index (χ0v) is 9.56. The van der Waals surface area contributed by atoms with E-state index < -0.39 is 5.97 Å². The molecule has 4 nitrogen and oxygen atoms in total. The van der Waals surface area contributed by atoms with Crippen molar-refractivity contribution in [2.75, 3.05) is 0 Å². The molecule has 1 aromatic carbocycles. The van der Waals surface area contributed by atoms with Crippen molar-refractivity contribution in [2.45, 2.75) is 13.8 Å². The molecule has 4 heteroatoms. The molecule has 0 amide bonds. The van der Waals surface area contributed by atoms with Gasteiger partial charge in [-0.2, -0.15) is 5.26 Å². The molecule has 86 valence electrons. The summed E-state index contributed by atoms with van der Waals surface area (Å²) >= 11 is 0. The number of esters is 1. The highest BCUT2D eigenvalue weighted by atomic mass is 16.5. The molecular weight excluding hydrogens is 218 g/mol. The molecule has 0 aliphatic rings. The van der Waals surface area contributed by atoms with Gasteiger partial charge in [0.15, 0.2) is 5.78 Å². The van der Waals surface area contributed by atoms with Gasteiger partial charge >= 0.3 is 5.97 Å². The number of hydrogen-bond acceptors (Lipinski definition) is 4. The van der Waals surface area contributed by atoms with Crippen molar-refractivity contribution in [2.24, 2.45) is 0 Å². The largest absolute Gasteiger partial charge is 0.427 e. The molecule has 0 fully saturated rings. The summed E-state index contributed by atoms with van der Waals surface area (Å²) in [4.78, 5) is 21.7. The topological polar surface area (TPSA) is 67.2 Å². The van der Waals surface area contributed by atoms with Gasteiger partial charge in [-0.25, -0.2) is 0 Å². The third kappa shape index (κ3) is 3.92. The second-order valence-electron chi connectivity index (χ2n) is 3.39. The van der Waals surface area contributed by atoms with Gasteiger partial charge in [0.1, 0.15) is 11.8 Å². The Kier molecular flexibility index (Phi) is 4.18. The van der Waals surface area contributed by atoms with Crippen LogP contribution in [0.2, 0.25) is 0 Å². The molecule has 1 aromatic rings. The number of Topliss-reactive ketones (excluding diaryl/α,β-unsaturated/α-hetero) is 1. The highest BCUT2D eigenvalue weighted by Crippen LogP contribution is 2.14. The molecule has 17 heavy (non-hydrogen) atoms. The van der Waals surface area contributed by atoms with Gasteiger partial charge in [-0.1, -0.05) is 12.1 Å². The summed E-state index contributed by atoms with van der Waals surface area (Å²) in [7, 11) is 0. The third-order valence-corrected chi connectivity index (χ3v) is 1.95. The molecule has 0 N–H and O–H groups in total. The van der Waals surface area contributed by atoms with Crippen LogP contribution < -0.4 is 4.74 Å². The summed E-state index contributed by atoms with van der Waals surface area (Å²) < 4.78 is 4.86. The fourth-order valence-corrected chi connectivity index (χ4v) is 1.18. The van der Waals surface area contributed by atoms with Gasteiger partial charge in [-0.3, -0.25) is 9.59 Å². The van der Waals surface area contributed by atoms with E-state index in [-0.39, 0.29) is 11.4 Å². The quantitative estimate of drug-likeness (QED) is 0.344. The molecule has 0 aromatic heterocycles. The average Bonchev–Trinajstić information content (AvgIpc) is 2.26. The fourth-order valence-electron chi connectivity index (χ4n) is 1.18. The molecule has 0 heterocycles. The summed E-state index contributed by atoms with van der Waals surface area (Å²) in [6, 6.07) is 8.35. The van der Waals surface area contributed by atoms with Crippen LogP contribution in [0.3, 0.4) is 0 Å². The summed E-state index contributed by atoms with van der Waals surface area (Å²) in [5, 5.41) is 8.72. The number of nitrogens with zero attached hydrogens (tertiary/aromatic N) is 1. The van der Waals surface area contributed by atoms with E-state index in [0.29, 0.717) is 11.3 Å². The fraction of sp³-hybridized carbons (Fsp3) is 0.154. The van der Waals surface area contributed by atoms with Crippen LogP contribution in [0.15, 0.2) is 29.8 Å². The first-order valence-corrected chi connectivity index (χ1v) is 4.94. The van der Waals surface area contributed by atoms with Crippen LogP contribution >= 0.6 is 0 Å². The van der Waals surface area contributed by atoms with Crippen molar-refractivity contribution in [1.82, 2.24) is 0 Å². The molecule has 0 aliphatic carbocycles. The molecule has 0 saturated heterocycles. The monoisotopic (exact) mass is 229 g/mol. The second-order valence-corrected chi connectivity index (χ2v) is 3.39. The minimum atomic E-state index is -0.394. The van der Waals surface area contributed by atoms with Gasteiger partial charge in [0, 0.05) is 6.92 Å². The first-order valence-electron chi connectivity index (χ1n) is 4.94. The normalized spacial score (nSPS) is 10.5. The van der Waals surface area contributed by atoms with E-state index in [4.69, 9.17) is 10.00 Å². The maximum Gasteiger partial charge on any atom is 0.308 e. The van der Waals surface area contributed by atoms with Gasteiger partial charge in [-0.15, -0.1) is 0 Å². The first kappa shape index (κ1) is 12.7. The molecule has 0 atom stereocenters. The van der Waals surface area contributed by atoms with Crippen LogP contribution in [-0.2, 0) is 9.59 Å². The van der Waals surface area contributed by atoms with Gasteiger partial charge in [0.2, 0.25) is 0 Å². The standard InChI is InChI=1S/C13H11NO3/c1-9(15)12(8-14)7-11-3-5-13(6-4-11)17-10(2)16/h3-7H,1-2H3. The van der Waals surface area contributed by atoms with Crippen LogP contribution in [0.4, 0.5) is 0 Å². The van der Waals surface area contributed by atoms with E-state index in [1.54, 1.807) is 24.3 Å². The molecule has 0 aliphatic heterocycles. The van der Waals surface area contributed by atoms with Crippen molar-refractivity contribution in [1.29, 1.82) is 5.26 Å². The number of nitriles is 1. The number of rotatable bonds is 3. The van der Waals surface area contributed by atoms with Crippen LogP contribution in [0.1, 0.15) is 19.4 Å². The minimum absolute atomic E-state index is 0.0882. The predicted octanol–water partition coefficient (Wildman–Crippen LogP) is 2.11. The Balaban J connectivity index is 2.92. The number of carbonyl (C=O) groups excluding carboxylic acids is 2. The number of allylic oxidation sites excluding steroid dienone is 1. The summed E-state index contributed by atoms with van der Waals surface area (Å²) in [6.45, 7) is 2.65. The average molecular weight is 229 g/mol. The molecule has 0 radical (unpaired) electrons. The molecule has 0 saturated carbocycles. The Morgan fingerprint density at radius 2 is 1.82 bits per heavy atom. The molecule has 1 rings (SSSR count). The van der Waals surface area contributed by atoms with E-state index in [1.807, 2.05) is 6.07 Å². The van der Waals surface area contributed by atoms with Gasteiger partial charge in [0.05, 0.1) is 5.57 Å². The molecule has 0 bridgehead atoms. The van der Waals surface area contributed by atoms with E-state index in [2.05, 4.69) is 0 Å². The first-order chi connectivity index (χ1) is 8.02. The lowest BCUT2D eigenvalue weighted by atomic mass is 10.1. The molecule has 0 spiro atoms. The van der Waals surface area contributed by atoms with Crippen molar-refractivity contribution < 1.29 is 14.3 Å². The van der Waals surface area contributed by atoms with Crippen LogP contribution in [0.25, 0.3) is 6.08 Å². The molecular formula is C13H11NO3. The smallest absolute Gasteiger partial charge is 0.308 e. The Bertz CT molecular complexity index is 506. The lowest BCUT2D eigenvalue weighted by Gasteiger charge is -2.01. The molecule has 0 unspecified atom stereocenters. The van der Waals surface area contributed by atoms with E-state index in [9.17, 15) is 9.59 Å². The van der Waals surface area contributed by atoms with E-state index in [0.717, 1.165) is 0 Å². The van der Waals surface area contributed by atoms with E-state index >= 15 is 0 Å². The zero-order chi connectivity index (χ0) is 12.8. The van der Waals surface area contributed by atoms with Crippen LogP contribution in [-0.4, -0.2) is 11.8 Å². The summed E-state index contributed by atoms with van der Waals surface area (Å²) in [5.41, 5.74) is 0.790. The van der Waals surface area contributed by atoms with Crippen molar-refractivity contribution >= 4 is 17.8 Å². The SMILES string of the molecule is CC(=O)Oc1ccc(C=C(C#N)C(C)=O)cc1. The third-order valence-electron chi connectivity index (χ3n) is 1.95. The van der Waals surface area contributed by atoms with Crippen LogP contribution in [0, 0.1) is 11.3 Å². The predicted molar refractivity (Wildman–Crippen MR) is 62.0 cm³/mol. The Morgan fingerprint density at radius 3 is 2.24 bits per heavy atom. The number of hydrogen-bond donors (Lipinski definition) is 0. The van der Waals surface area contributed by atoms with Crippen LogP contribution in [0.5, 0.6) is 5.75 Å². The Labute approximate surface area is 99.1 Å². The summed E-state index contributed by atoms with van der Waals surface area (Å²) in [6.07, 6.45) is 1.49. The maximum atomic E-state index is 11.0. The lowest BCUT2D eigenvalue weighted by molar-refractivity contribution is -0.131. The van der Waals surface area contributed by atoms with E-state index in [1.165, 1.54) is 19.9 Å². The van der Waals surface area contributed by atoms with Gasteiger partial charge in [0.25, 0.3) is 0 Å². The number of ketones is 1. The zero-order valence-electron chi connectivity index (χ0n) is 9.56. The van der Waals surface area contributed by atoms with Crippen molar-refractivity contribution in [3.63, 3.8) is 0 Å². The minimum Gasteiger partial charge on any atom is -0.427 e. The Morgan fingerprint density at radius 1 is 1.24 bits per heavy atom. The maximum absolute atomic E-state index is 11.0. The number of ether oxygens (including phenoxy) is 1. The van der Waals surface area contributed by atoms with Crippen molar-refractivity contribution in [3.8, 4) is 11.8 Å².